The van der Waals surface area contributed by atoms with Gasteiger partial charge in [-0.25, -0.2) is 13.4 Å². The van der Waals surface area contributed by atoms with Gasteiger partial charge in [-0.2, -0.15) is 0 Å². The van der Waals surface area contributed by atoms with E-state index in [1.165, 1.54) is 0 Å². The molecule has 6 nitrogen and oxygen atoms in total. The van der Waals surface area contributed by atoms with Gasteiger partial charge in [0.2, 0.25) is 0 Å². The maximum atomic E-state index is 13.4. The van der Waals surface area contributed by atoms with Gasteiger partial charge in [0.25, 0.3) is 0 Å². The third-order valence-electron chi connectivity index (χ3n) is 5.59. The summed E-state index contributed by atoms with van der Waals surface area (Å²) in [6.07, 6.45) is 4.02. The van der Waals surface area contributed by atoms with Crippen LogP contribution in [0.3, 0.4) is 0 Å². The number of imidazole rings is 1. The van der Waals surface area contributed by atoms with Crippen molar-refractivity contribution in [3.05, 3.63) is 78.0 Å². The third kappa shape index (κ3) is 4.42. The monoisotopic (exact) mass is 465 g/mol. The van der Waals surface area contributed by atoms with E-state index in [-0.39, 0.29) is 5.75 Å². The first kappa shape index (κ1) is 21.1. The first-order valence-corrected chi connectivity index (χ1v) is 13.2. The SMILES string of the molecule is Cc1cn2cc(-c3cc(N4CCOCC4)cc(S(=O)(=O)Cc4ccccc4)c3)cpc2n1. The average molecular weight is 466 g/mol. The maximum Gasteiger partial charge on any atom is 0.182 e. The van der Waals surface area contributed by atoms with Crippen molar-refractivity contribution in [3.63, 3.8) is 0 Å². The molecule has 0 radical (unpaired) electrons. The number of anilines is 1. The second-order valence-corrected chi connectivity index (χ2v) is 10.9. The molecular formula is C24H24N3O3PS. The molecule has 4 aromatic rings. The van der Waals surface area contributed by atoms with Crippen LogP contribution in [0.4, 0.5) is 5.69 Å². The van der Waals surface area contributed by atoms with Gasteiger partial charge < -0.3 is 14.0 Å². The highest BCUT2D eigenvalue weighted by Crippen LogP contribution is 2.33. The molecule has 0 N–H and O–H groups in total. The molecule has 0 spiro atoms. The number of hydrogen-bond acceptors (Lipinski definition) is 5. The molecule has 32 heavy (non-hydrogen) atoms. The van der Waals surface area contributed by atoms with Crippen LogP contribution in [0.15, 0.2) is 71.6 Å². The number of rotatable bonds is 5. The van der Waals surface area contributed by atoms with Crippen molar-refractivity contribution in [2.45, 2.75) is 17.6 Å². The van der Waals surface area contributed by atoms with Gasteiger partial charge in [0.1, 0.15) is 0 Å². The van der Waals surface area contributed by atoms with Gasteiger partial charge in [0.15, 0.2) is 15.2 Å². The van der Waals surface area contributed by atoms with Gasteiger partial charge in [0, 0.05) is 36.7 Å². The van der Waals surface area contributed by atoms with E-state index in [0.29, 0.717) is 18.1 Å². The molecule has 0 aliphatic carbocycles. The van der Waals surface area contributed by atoms with Crippen molar-refractivity contribution in [3.8, 4) is 11.1 Å². The summed E-state index contributed by atoms with van der Waals surface area (Å²) in [6, 6.07) is 15.0. The number of hydrogen-bond donors (Lipinski definition) is 0. The lowest BCUT2D eigenvalue weighted by molar-refractivity contribution is 0.122. The molecule has 5 rings (SSSR count). The molecule has 1 fully saturated rings. The summed E-state index contributed by atoms with van der Waals surface area (Å²) in [5, 5.41) is 0.965. The number of fused-ring (bicyclic) bond motifs is 1. The predicted molar refractivity (Wildman–Crippen MR) is 128 cm³/mol. The van der Waals surface area contributed by atoms with Gasteiger partial charge >= 0.3 is 0 Å². The molecule has 3 heterocycles. The average Bonchev–Trinajstić information content (AvgIpc) is 3.19. The van der Waals surface area contributed by atoms with Gasteiger partial charge in [0.05, 0.1) is 29.6 Å². The fraction of sp³-hybridized carbons (Fsp3) is 0.250. The lowest BCUT2D eigenvalue weighted by Crippen LogP contribution is -2.36. The summed E-state index contributed by atoms with van der Waals surface area (Å²) in [4.78, 5) is 7.07. The maximum absolute atomic E-state index is 13.4. The number of ether oxygens (including phenoxy) is 1. The molecule has 0 unspecified atom stereocenters. The highest BCUT2D eigenvalue weighted by Gasteiger charge is 2.21. The van der Waals surface area contributed by atoms with Crippen molar-refractivity contribution in [2.75, 3.05) is 31.2 Å². The molecule has 8 heteroatoms. The minimum Gasteiger partial charge on any atom is -0.378 e. The number of morpholine rings is 1. The second kappa shape index (κ2) is 8.66. The Labute approximate surface area is 189 Å². The Balaban J connectivity index is 1.60. The van der Waals surface area contributed by atoms with E-state index in [2.05, 4.69) is 21.7 Å². The first-order valence-electron chi connectivity index (χ1n) is 10.5. The molecule has 164 valence electrons. The van der Waals surface area contributed by atoms with Crippen LogP contribution in [-0.2, 0) is 20.3 Å². The van der Waals surface area contributed by atoms with Crippen molar-refractivity contribution in [1.82, 2.24) is 9.38 Å². The van der Waals surface area contributed by atoms with Crippen LogP contribution in [-0.4, -0.2) is 44.1 Å². The summed E-state index contributed by atoms with van der Waals surface area (Å²) in [5.41, 5.74) is 4.54. The number of benzene rings is 2. The van der Waals surface area contributed by atoms with Crippen LogP contribution in [0.2, 0.25) is 0 Å². The van der Waals surface area contributed by atoms with E-state index < -0.39 is 9.84 Å². The van der Waals surface area contributed by atoms with Crippen LogP contribution in [0.25, 0.3) is 16.5 Å². The quantitative estimate of drug-likeness (QED) is 0.428. The van der Waals surface area contributed by atoms with Crippen molar-refractivity contribution in [1.29, 1.82) is 0 Å². The minimum absolute atomic E-state index is 0.0221. The molecular weight excluding hydrogens is 441 g/mol. The fourth-order valence-electron chi connectivity index (χ4n) is 3.96. The third-order valence-corrected chi connectivity index (χ3v) is 8.23. The van der Waals surface area contributed by atoms with Crippen molar-refractivity contribution >= 4 is 29.1 Å². The van der Waals surface area contributed by atoms with E-state index in [1.54, 1.807) is 12.1 Å². The van der Waals surface area contributed by atoms with E-state index in [9.17, 15) is 8.42 Å². The normalized spacial score (nSPS) is 15.0. The molecule has 0 bridgehead atoms. The van der Waals surface area contributed by atoms with Crippen LogP contribution in [0.5, 0.6) is 0 Å². The molecule has 1 aliphatic rings. The predicted octanol–water partition coefficient (Wildman–Crippen LogP) is 4.70. The zero-order valence-corrected chi connectivity index (χ0v) is 19.5. The fourth-order valence-corrected chi connectivity index (χ4v) is 6.30. The topological polar surface area (TPSA) is 63.9 Å². The van der Waals surface area contributed by atoms with Crippen LogP contribution >= 0.6 is 8.19 Å². The molecule has 0 saturated carbocycles. The Morgan fingerprint density at radius 3 is 2.59 bits per heavy atom. The smallest absolute Gasteiger partial charge is 0.182 e. The minimum atomic E-state index is -3.51. The van der Waals surface area contributed by atoms with Gasteiger partial charge in [-0.3, -0.25) is 0 Å². The lowest BCUT2D eigenvalue weighted by Gasteiger charge is -2.29. The number of sulfone groups is 1. The molecule has 1 aliphatic heterocycles. The molecule has 2 aromatic heterocycles. The Hall–Kier alpha value is -2.73. The van der Waals surface area contributed by atoms with Crippen LogP contribution in [0, 0.1) is 6.92 Å². The van der Waals surface area contributed by atoms with E-state index in [0.717, 1.165) is 54.7 Å². The van der Waals surface area contributed by atoms with E-state index in [1.807, 2.05) is 54.0 Å². The molecule has 0 atom stereocenters. The summed E-state index contributed by atoms with van der Waals surface area (Å²) in [6.45, 7) is 4.74. The summed E-state index contributed by atoms with van der Waals surface area (Å²) in [5.74, 6) is 2.07. The standard InChI is InChI=1S/C24H24N3O3PS/c1-18-14-27-15-21(16-31-24(27)25-18)20-11-22(26-7-9-30-10-8-26)13-23(12-20)32(28,29)17-19-5-3-2-4-6-19/h2-6,11-16H,7-10,17H2,1H3. The Morgan fingerprint density at radius 2 is 1.81 bits per heavy atom. The van der Waals surface area contributed by atoms with Gasteiger partial charge in [-0.15, -0.1) is 0 Å². The van der Waals surface area contributed by atoms with Crippen LogP contribution < -0.4 is 4.90 Å². The first-order chi connectivity index (χ1) is 15.5. The van der Waals surface area contributed by atoms with Gasteiger partial charge in [-0.1, -0.05) is 30.3 Å². The molecule has 2 aromatic carbocycles. The highest BCUT2D eigenvalue weighted by atomic mass is 32.2. The zero-order chi connectivity index (χ0) is 22.1. The number of aromatic nitrogens is 2. The summed E-state index contributed by atoms with van der Waals surface area (Å²) < 4.78 is 34.3. The lowest BCUT2D eigenvalue weighted by atomic mass is 10.1. The van der Waals surface area contributed by atoms with Crippen molar-refractivity contribution < 1.29 is 13.2 Å². The molecule has 1 saturated heterocycles. The summed E-state index contributed by atoms with van der Waals surface area (Å²) >= 11 is 0. The van der Waals surface area contributed by atoms with E-state index >= 15 is 0 Å². The Morgan fingerprint density at radius 1 is 1.03 bits per heavy atom. The Bertz CT molecular complexity index is 1360. The second-order valence-electron chi connectivity index (χ2n) is 7.99. The zero-order valence-electron chi connectivity index (χ0n) is 17.8. The number of nitrogens with zero attached hydrogens (tertiary/aromatic N) is 3. The highest BCUT2D eigenvalue weighted by molar-refractivity contribution is 7.90. The number of aryl methyl sites for hydroxylation is 1. The largest absolute Gasteiger partial charge is 0.378 e. The molecule has 0 amide bonds. The van der Waals surface area contributed by atoms with Gasteiger partial charge in [-0.05, 0) is 50.2 Å². The summed E-state index contributed by atoms with van der Waals surface area (Å²) in [7, 11) is -2.52. The van der Waals surface area contributed by atoms with Crippen LogP contribution in [0.1, 0.15) is 11.3 Å². The Kier molecular flexibility index (Phi) is 5.72. The van der Waals surface area contributed by atoms with E-state index in [4.69, 9.17) is 4.74 Å². The van der Waals surface area contributed by atoms with Crippen molar-refractivity contribution in [2.24, 2.45) is 0 Å².